The summed E-state index contributed by atoms with van der Waals surface area (Å²) < 4.78 is 0. The van der Waals surface area contributed by atoms with Crippen LogP contribution < -0.4 is 11.1 Å². The van der Waals surface area contributed by atoms with E-state index in [9.17, 15) is 0 Å². The van der Waals surface area contributed by atoms with Crippen molar-refractivity contribution in [2.24, 2.45) is 11.7 Å². The first-order chi connectivity index (χ1) is 9.72. The Labute approximate surface area is 146 Å². The number of rotatable bonds is 4. The molecule has 0 radical (unpaired) electrons. The summed E-state index contributed by atoms with van der Waals surface area (Å²) in [7, 11) is 0. The summed E-state index contributed by atoms with van der Waals surface area (Å²) in [6.45, 7) is 2.27. The summed E-state index contributed by atoms with van der Waals surface area (Å²) in [6.07, 6.45) is 8.53. The Bertz CT molecular complexity index is 467. The maximum atomic E-state index is 5.97. The quantitative estimate of drug-likeness (QED) is 0.861. The van der Waals surface area contributed by atoms with Crippen molar-refractivity contribution >= 4 is 30.9 Å². The van der Waals surface area contributed by atoms with Crippen LogP contribution in [0.5, 0.6) is 0 Å². The van der Waals surface area contributed by atoms with Crippen molar-refractivity contribution in [2.45, 2.75) is 57.2 Å². The first-order valence-corrected chi connectivity index (χ1v) is 7.97. The molecule has 0 aliphatic heterocycles. The van der Waals surface area contributed by atoms with Gasteiger partial charge in [-0.1, -0.05) is 42.0 Å². The van der Waals surface area contributed by atoms with E-state index in [4.69, 9.17) is 5.73 Å². The molecular formula is C18H28Cl2N2. The third kappa shape index (κ3) is 5.27. The minimum absolute atomic E-state index is 0. The van der Waals surface area contributed by atoms with Crippen LogP contribution in [0.1, 0.15) is 44.6 Å². The van der Waals surface area contributed by atoms with Crippen molar-refractivity contribution in [1.82, 2.24) is 5.32 Å². The van der Waals surface area contributed by atoms with Crippen LogP contribution in [-0.2, 0) is 0 Å². The molecule has 124 valence electrons. The normalized spacial score (nSPS) is 30.9. The molecule has 2 aliphatic carbocycles. The predicted octanol–water partition coefficient (Wildman–Crippen LogP) is 4.18. The van der Waals surface area contributed by atoms with Crippen molar-refractivity contribution in [2.75, 3.05) is 0 Å². The maximum absolute atomic E-state index is 5.97. The van der Waals surface area contributed by atoms with E-state index >= 15 is 0 Å². The first-order valence-electron chi connectivity index (χ1n) is 7.97. The molecule has 22 heavy (non-hydrogen) atoms. The van der Waals surface area contributed by atoms with Crippen molar-refractivity contribution in [3.8, 4) is 0 Å². The van der Waals surface area contributed by atoms with Gasteiger partial charge >= 0.3 is 0 Å². The number of nitrogens with two attached hydrogens (primary N) is 1. The van der Waals surface area contributed by atoms with E-state index in [1.54, 1.807) is 0 Å². The van der Waals surface area contributed by atoms with E-state index in [2.05, 4.69) is 48.6 Å². The van der Waals surface area contributed by atoms with E-state index in [1.165, 1.54) is 43.2 Å². The first kappa shape index (κ1) is 19.5. The second-order valence-corrected chi connectivity index (χ2v) is 6.53. The standard InChI is InChI=1S/C18H26N2.2ClH/c1-13(11-14-5-3-2-4-6-14)17-12-18(17)20-16-9-7-15(19)8-10-16;;/h2-6,11,15-18,20H,7-10,12,19H2,1H3;2*1H. The van der Waals surface area contributed by atoms with Crippen LogP contribution in [0.25, 0.3) is 6.08 Å². The van der Waals surface area contributed by atoms with Gasteiger partial charge in [-0.05, 0) is 50.5 Å². The highest BCUT2D eigenvalue weighted by molar-refractivity contribution is 5.85. The number of hydrogen-bond acceptors (Lipinski definition) is 2. The fraction of sp³-hybridized carbons (Fsp3) is 0.556. The Balaban J connectivity index is 0.00000121. The highest BCUT2D eigenvalue weighted by Crippen LogP contribution is 2.39. The SMILES string of the molecule is CC(=Cc1ccccc1)C1CC1NC1CCC(N)CC1.Cl.Cl. The molecule has 0 saturated heterocycles. The molecule has 2 unspecified atom stereocenters. The Morgan fingerprint density at radius 2 is 1.73 bits per heavy atom. The van der Waals surface area contributed by atoms with E-state index in [1.807, 2.05) is 0 Å². The molecule has 1 aromatic rings. The zero-order valence-electron chi connectivity index (χ0n) is 13.2. The molecule has 0 aromatic heterocycles. The molecule has 0 amide bonds. The van der Waals surface area contributed by atoms with Gasteiger partial charge in [0.15, 0.2) is 0 Å². The van der Waals surface area contributed by atoms with E-state index in [-0.39, 0.29) is 24.8 Å². The molecular weight excluding hydrogens is 315 g/mol. The molecule has 3 N–H and O–H groups in total. The van der Waals surface area contributed by atoms with Crippen LogP contribution >= 0.6 is 24.8 Å². The van der Waals surface area contributed by atoms with E-state index in [0.29, 0.717) is 18.1 Å². The summed E-state index contributed by atoms with van der Waals surface area (Å²) >= 11 is 0. The van der Waals surface area contributed by atoms with E-state index in [0.717, 1.165) is 5.92 Å². The van der Waals surface area contributed by atoms with Crippen molar-refractivity contribution in [1.29, 1.82) is 0 Å². The molecule has 2 aliphatic rings. The van der Waals surface area contributed by atoms with E-state index < -0.39 is 0 Å². The highest BCUT2D eigenvalue weighted by atomic mass is 35.5. The zero-order chi connectivity index (χ0) is 13.9. The molecule has 2 nitrogen and oxygen atoms in total. The van der Waals surface area contributed by atoms with Gasteiger partial charge in [-0.3, -0.25) is 0 Å². The molecule has 1 aromatic carbocycles. The molecule has 0 bridgehead atoms. The average Bonchev–Trinajstić information content (AvgIpc) is 3.22. The smallest absolute Gasteiger partial charge is 0.0142 e. The largest absolute Gasteiger partial charge is 0.328 e. The van der Waals surface area contributed by atoms with Crippen molar-refractivity contribution < 1.29 is 0 Å². The Kier molecular flexibility index (Phi) is 7.92. The van der Waals surface area contributed by atoms with Gasteiger partial charge in [0.05, 0.1) is 0 Å². The van der Waals surface area contributed by atoms with Gasteiger partial charge in [-0.2, -0.15) is 0 Å². The van der Waals surface area contributed by atoms with Crippen LogP contribution in [-0.4, -0.2) is 18.1 Å². The lowest BCUT2D eigenvalue weighted by atomic mass is 9.92. The van der Waals surface area contributed by atoms with Gasteiger partial charge in [-0.15, -0.1) is 24.8 Å². The van der Waals surface area contributed by atoms with Crippen molar-refractivity contribution in [3.05, 3.63) is 41.5 Å². The van der Waals surface area contributed by atoms with Gasteiger partial charge in [0.25, 0.3) is 0 Å². The second-order valence-electron chi connectivity index (χ2n) is 6.53. The number of hydrogen-bond donors (Lipinski definition) is 2. The molecule has 0 spiro atoms. The average molecular weight is 343 g/mol. The summed E-state index contributed by atoms with van der Waals surface area (Å²) in [5.74, 6) is 0.741. The maximum Gasteiger partial charge on any atom is 0.0142 e. The third-order valence-corrected chi connectivity index (χ3v) is 4.79. The van der Waals surface area contributed by atoms with Crippen LogP contribution in [0.4, 0.5) is 0 Å². The van der Waals surface area contributed by atoms with Gasteiger partial charge < -0.3 is 11.1 Å². The van der Waals surface area contributed by atoms with Gasteiger partial charge in [-0.25, -0.2) is 0 Å². The summed E-state index contributed by atoms with van der Waals surface area (Å²) in [5.41, 5.74) is 8.80. The second kappa shape index (κ2) is 8.93. The summed E-state index contributed by atoms with van der Waals surface area (Å²) in [4.78, 5) is 0. The topological polar surface area (TPSA) is 38.0 Å². The van der Waals surface area contributed by atoms with Gasteiger partial charge in [0.2, 0.25) is 0 Å². The number of halogens is 2. The molecule has 2 atom stereocenters. The van der Waals surface area contributed by atoms with Crippen LogP contribution in [0.3, 0.4) is 0 Å². The lowest BCUT2D eigenvalue weighted by molar-refractivity contribution is 0.338. The third-order valence-electron chi connectivity index (χ3n) is 4.79. The van der Waals surface area contributed by atoms with Crippen LogP contribution in [0.15, 0.2) is 35.9 Å². The molecule has 2 fully saturated rings. The van der Waals surface area contributed by atoms with Gasteiger partial charge in [0, 0.05) is 18.1 Å². The summed E-state index contributed by atoms with van der Waals surface area (Å²) in [5, 5.41) is 3.83. The lowest BCUT2D eigenvalue weighted by Crippen LogP contribution is -2.38. The van der Waals surface area contributed by atoms with Crippen molar-refractivity contribution in [3.63, 3.8) is 0 Å². The van der Waals surface area contributed by atoms with Gasteiger partial charge in [0.1, 0.15) is 0 Å². The fourth-order valence-corrected chi connectivity index (χ4v) is 3.39. The molecule has 4 heteroatoms. The minimum atomic E-state index is 0. The predicted molar refractivity (Wildman–Crippen MR) is 99.9 cm³/mol. The number of nitrogens with one attached hydrogen (secondary N) is 1. The monoisotopic (exact) mass is 342 g/mol. The van der Waals surface area contributed by atoms with Crippen LogP contribution in [0, 0.1) is 5.92 Å². The minimum Gasteiger partial charge on any atom is -0.328 e. The Morgan fingerprint density at radius 3 is 2.36 bits per heavy atom. The fourth-order valence-electron chi connectivity index (χ4n) is 3.39. The summed E-state index contributed by atoms with van der Waals surface area (Å²) in [6, 6.07) is 12.5. The highest BCUT2D eigenvalue weighted by Gasteiger charge is 2.39. The molecule has 2 saturated carbocycles. The van der Waals surface area contributed by atoms with Crippen LogP contribution in [0.2, 0.25) is 0 Å². The molecule has 3 rings (SSSR count). The lowest BCUT2D eigenvalue weighted by Gasteiger charge is -2.27. The zero-order valence-corrected chi connectivity index (χ0v) is 14.8. The Morgan fingerprint density at radius 1 is 1.09 bits per heavy atom. The Hall–Kier alpha value is -0.540. The number of benzene rings is 1. The molecule has 0 heterocycles.